The van der Waals surface area contributed by atoms with Gasteiger partial charge in [-0.3, -0.25) is 9.59 Å². The fraction of sp³-hybridized carbons (Fsp3) is 0.682. The first-order valence-electron chi connectivity index (χ1n) is 10.1. The van der Waals surface area contributed by atoms with Crippen molar-refractivity contribution in [3.8, 4) is 0 Å². The van der Waals surface area contributed by atoms with Crippen LogP contribution in [-0.2, 0) is 23.9 Å². The van der Waals surface area contributed by atoms with Crippen LogP contribution in [0.25, 0.3) is 0 Å². The number of carbonyl (C=O) groups is 3. The van der Waals surface area contributed by atoms with Gasteiger partial charge in [-0.05, 0) is 49.5 Å². The molecule has 0 aromatic rings. The summed E-state index contributed by atoms with van der Waals surface area (Å²) in [4.78, 5) is 36.5. The van der Waals surface area contributed by atoms with Gasteiger partial charge in [0.25, 0.3) is 0 Å². The van der Waals surface area contributed by atoms with Gasteiger partial charge in [-0.2, -0.15) is 0 Å². The molecule has 0 amide bonds. The highest BCUT2D eigenvalue weighted by Gasteiger charge is 2.71. The highest BCUT2D eigenvalue weighted by Crippen LogP contribution is 2.67. The van der Waals surface area contributed by atoms with Gasteiger partial charge in [0.1, 0.15) is 12.7 Å². The third-order valence-corrected chi connectivity index (χ3v) is 8.48. The van der Waals surface area contributed by atoms with Crippen molar-refractivity contribution in [2.24, 2.45) is 28.6 Å². The van der Waals surface area contributed by atoms with Crippen LogP contribution in [0.4, 0.5) is 0 Å². The van der Waals surface area contributed by atoms with Crippen molar-refractivity contribution in [2.75, 3.05) is 6.61 Å². The van der Waals surface area contributed by atoms with Gasteiger partial charge < -0.3 is 14.6 Å². The number of Topliss-reactive ketones (excluding diaryl/α,β-unsaturated/α-hetero) is 1. The van der Waals surface area contributed by atoms with Crippen molar-refractivity contribution in [1.29, 1.82) is 0 Å². The van der Waals surface area contributed by atoms with Gasteiger partial charge in [0.05, 0.1) is 0 Å². The zero-order valence-electron chi connectivity index (χ0n) is 17.2. The molecule has 4 aliphatic rings. The van der Waals surface area contributed by atoms with Crippen LogP contribution in [0.2, 0.25) is 0 Å². The molecule has 0 spiro atoms. The molecule has 0 saturated heterocycles. The number of fused-ring (bicyclic) bond motifs is 5. The molecule has 3 aliphatic carbocycles. The average molecular weight is 423 g/mol. The number of aliphatic hydroxyl groups excluding tert-OH is 1. The second-order valence-corrected chi connectivity index (χ2v) is 9.89. The molecule has 2 fully saturated rings. The largest absolute Gasteiger partial charge is 0.462 e. The minimum absolute atomic E-state index is 0.0216. The third-order valence-electron chi connectivity index (χ3n) is 8.15. The number of carbonyl (C=O) groups excluding carboxylic acids is 3. The monoisotopic (exact) mass is 422 g/mol. The maximum atomic E-state index is 12.8. The Hall–Kier alpha value is -1.66. The number of esters is 2. The summed E-state index contributed by atoms with van der Waals surface area (Å²) in [6.45, 7) is 6.93. The van der Waals surface area contributed by atoms with Crippen molar-refractivity contribution < 1.29 is 29.0 Å². The number of hydrogen-bond acceptors (Lipinski definition) is 6. The van der Waals surface area contributed by atoms with Crippen molar-refractivity contribution in [3.63, 3.8) is 0 Å². The van der Waals surface area contributed by atoms with Crippen LogP contribution in [0.3, 0.4) is 0 Å². The molecule has 158 valence electrons. The maximum Gasteiger partial charge on any atom is 0.331 e. The molecule has 6 nitrogen and oxygen atoms in total. The van der Waals surface area contributed by atoms with E-state index in [-0.39, 0.29) is 36.1 Å². The van der Waals surface area contributed by atoms with Crippen LogP contribution in [0.1, 0.15) is 47.0 Å². The Morgan fingerprint density at radius 1 is 1.28 bits per heavy atom. The molecule has 0 radical (unpaired) electrons. The minimum Gasteiger partial charge on any atom is -0.462 e. The number of hydrogen-bond donors (Lipinski definition) is 1. The van der Waals surface area contributed by atoms with E-state index >= 15 is 0 Å². The van der Waals surface area contributed by atoms with E-state index in [1.54, 1.807) is 0 Å². The Balaban J connectivity index is 1.83. The van der Waals surface area contributed by atoms with Crippen molar-refractivity contribution in [3.05, 3.63) is 22.8 Å². The molecule has 0 aromatic heterocycles. The third kappa shape index (κ3) is 2.54. The van der Waals surface area contributed by atoms with Gasteiger partial charge in [-0.25, -0.2) is 4.79 Å². The second kappa shape index (κ2) is 6.42. The topological polar surface area (TPSA) is 89.9 Å². The molecule has 29 heavy (non-hydrogen) atoms. The van der Waals surface area contributed by atoms with Gasteiger partial charge >= 0.3 is 11.9 Å². The van der Waals surface area contributed by atoms with Gasteiger partial charge in [-0.15, -0.1) is 0 Å². The molecule has 4 rings (SSSR count). The summed E-state index contributed by atoms with van der Waals surface area (Å²) in [5.74, 6) is -1.25. The number of halogens is 1. The number of rotatable bonds is 2. The van der Waals surface area contributed by atoms with E-state index in [4.69, 9.17) is 21.1 Å². The fourth-order valence-electron chi connectivity index (χ4n) is 6.83. The van der Waals surface area contributed by atoms with Crippen LogP contribution in [-0.4, -0.2) is 41.1 Å². The lowest BCUT2D eigenvalue weighted by molar-refractivity contribution is -0.198. The Morgan fingerprint density at radius 2 is 1.97 bits per heavy atom. The van der Waals surface area contributed by atoms with Crippen LogP contribution < -0.4 is 0 Å². The molecule has 1 heterocycles. The smallest absolute Gasteiger partial charge is 0.331 e. The predicted octanol–water partition coefficient (Wildman–Crippen LogP) is 2.92. The molecule has 7 heteroatoms. The SMILES string of the molecule is CC(=O)O[C@]1(C(C)=O)C(O)C[C@H]2[C@@H]3C=C(Cl)C4=CC(=O)OC[C@]4(C)[C@H]3CC[C@@]21C. The van der Waals surface area contributed by atoms with E-state index in [1.165, 1.54) is 19.9 Å². The zero-order valence-corrected chi connectivity index (χ0v) is 17.9. The lowest BCUT2D eigenvalue weighted by Gasteiger charge is -2.57. The molecule has 1 unspecified atom stereocenters. The average Bonchev–Trinajstić information content (AvgIpc) is 2.85. The molecule has 0 aromatic carbocycles. The molecule has 1 N–H and O–H groups in total. The number of cyclic esters (lactones) is 1. The van der Waals surface area contributed by atoms with E-state index < -0.39 is 28.5 Å². The van der Waals surface area contributed by atoms with Crippen molar-refractivity contribution in [1.82, 2.24) is 0 Å². The summed E-state index contributed by atoms with van der Waals surface area (Å²) in [6, 6.07) is 0. The molecule has 2 saturated carbocycles. The van der Waals surface area contributed by atoms with Crippen molar-refractivity contribution in [2.45, 2.75) is 58.7 Å². The van der Waals surface area contributed by atoms with Crippen LogP contribution in [0.5, 0.6) is 0 Å². The highest BCUT2D eigenvalue weighted by atomic mass is 35.5. The minimum atomic E-state index is -1.55. The first-order chi connectivity index (χ1) is 13.5. The normalized spacial score (nSPS) is 45.8. The summed E-state index contributed by atoms with van der Waals surface area (Å²) in [6.07, 6.45) is 4.09. The first kappa shape index (κ1) is 20.6. The zero-order chi connectivity index (χ0) is 21.4. The summed E-state index contributed by atoms with van der Waals surface area (Å²) in [5, 5.41) is 11.5. The van der Waals surface area contributed by atoms with Gasteiger partial charge in [0.15, 0.2) is 5.78 Å². The standard InChI is InChI=1S/C22H27ClO6/c1-11(24)22(29-12(2)25)18(26)8-15-13-7-17(23)16-9-19(27)28-10-20(16,3)14(13)5-6-21(15,22)4/h7,9,13-15,18,26H,5-6,8,10H2,1-4H3/t13-,14+,15+,18?,20-,21+,22-/m1/s1. The highest BCUT2D eigenvalue weighted by molar-refractivity contribution is 6.32. The summed E-state index contributed by atoms with van der Waals surface area (Å²) in [7, 11) is 0. The van der Waals surface area contributed by atoms with E-state index in [1.807, 2.05) is 13.0 Å². The van der Waals surface area contributed by atoms with Gasteiger partial charge in [0.2, 0.25) is 5.60 Å². The lowest BCUT2D eigenvalue weighted by Crippen LogP contribution is -2.61. The Morgan fingerprint density at radius 3 is 2.59 bits per heavy atom. The van der Waals surface area contributed by atoms with E-state index in [2.05, 4.69) is 6.92 Å². The molecular weight excluding hydrogens is 396 g/mol. The van der Waals surface area contributed by atoms with E-state index in [0.717, 1.165) is 12.0 Å². The van der Waals surface area contributed by atoms with Crippen LogP contribution in [0, 0.1) is 28.6 Å². The Kier molecular flexibility index (Phi) is 4.56. The quantitative estimate of drug-likeness (QED) is 0.688. The van der Waals surface area contributed by atoms with E-state index in [0.29, 0.717) is 17.9 Å². The molecule has 0 bridgehead atoms. The van der Waals surface area contributed by atoms with Crippen LogP contribution in [0.15, 0.2) is 22.8 Å². The molecule has 7 atom stereocenters. The number of ether oxygens (including phenoxy) is 2. The predicted molar refractivity (Wildman–Crippen MR) is 105 cm³/mol. The maximum absolute atomic E-state index is 12.8. The second-order valence-electron chi connectivity index (χ2n) is 9.48. The number of ketones is 1. The lowest BCUT2D eigenvalue weighted by atomic mass is 9.49. The van der Waals surface area contributed by atoms with E-state index in [9.17, 15) is 19.5 Å². The molecular formula is C22H27ClO6. The number of allylic oxidation sites excluding steroid dienone is 2. The summed E-state index contributed by atoms with van der Waals surface area (Å²) < 4.78 is 11.0. The fourth-order valence-corrected chi connectivity index (χ4v) is 7.25. The Bertz CT molecular complexity index is 861. The van der Waals surface area contributed by atoms with Crippen LogP contribution >= 0.6 is 11.6 Å². The summed E-state index contributed by atoms with van der Waals surface area (Å²) in [5.41, 5.74) is -1.87. The number of aliphatic hydroxyl groups is 1. The first-order valence-corrected chi connectivity index (χ1v) is 10.5. The van der Waals surface area contributed by atoms with Crippen molar-refractivity contribution >= 4 is 29.3 Å². The summed E-state index contributed by atoms with van der Waals surface area (Å²) >= 11 is 6.63. The van der Waals surface area contributed by atoms with Gasteiger partial charge in [0, 0.05) is 28.9 Å². The Labute approximate surface area is 175 Å². The van der Waals surface area contributed by atoms with Gasteiger partial charge in [-0.1, -0.05) is 31.5 Å². The molecule has 1 aliphatic heterocycles.